The van der Waals surface area contributed by atoms with Crippen LogP contribution in [0.25, 0.3) is 0 Å². The quantitative estimate of drug-likeness (QED) is 0.742. The van der Waals surface area contributed by atoms with Crippen molar-refractivity contribution in [1.82, 2.24) is 4.98 Å². The second-order valence-corrected chi connectivity index (χ2v) is 6.09. The molecule has 0 radical (unpaired) electrons. The molecule has 116 valence electrons. The lowest BCUT2D eigenvalue weighted by Crippen LogP contribution is -2.37. The molecule has 0 saturated carbocycles. The van der Waals surface area contributed by atoms with Gasteiger partial charge in [0.05, 0.1) is 11.4 Å². The molecule has 0 aliphatic carbocycles. The highest BCUT2D eigenvalue weighted by molar-refractivity contribution is 6.21. The number of rotatable bonds is 2. The highest BCUT2D eigenvalue weighted by atomic mass is 16.2. The molecule has 4 rings (SSSR count). The molecule has 3 heterocycles. The Labute approximate surface area is 133 Å². The summed E-state index contributed by atoms with van der Waals surface area (Å²) in [6, 6.07) is 7.63. The summed E-state index contributed by atoms with van der Waals surface area (Å²) in [6.07, 6.45) is 3.44. The lowest BCUT2D eigenvalue weighted by Gasteiger charge is -2.18. The zero-order valence-electron chi connectivity index (χ0n) is 12.8. The van der Waals surface area contributed by atoms with Crippen LogP contribution >= 0.6 is 0 Å². The number of amides is 1. The van der Waals surface area contributed by atoms with E-state index in [9.17, 15) is 9.59 Å². The summed E-state index contributed by atoms with van der Waals surface area (Å²) in [5, 5.41) is 9.55. The SMILES string of the molecule is CC(=O)C1(C)C(=O)Nc2cc3c(cc21)NC(c1cccnc1)N3. The Kier molecular flexibility index (Phi) is 2.72. The molecule has 3 N–H and O–H groups in total. The first-order valence-corrected chi connectivity index (χ1v) is 7.44. The Morgan fingerprint density at radius 2 is 1.96 bits per heavy atom. The zero-order chi connectivity index (χ0) is 16.2. The van der Waals surface area contributed by atoms with Crippen LogP contribution in [0.2, 0.25) is 0 Å². The molecule has 23 heavy (non-hydrogen) atoms. The standard InChI is InChI=1S/C17H16N4O2/c1-9(22)17(2)11-6-13-14(7-12(11)21-16(17)23)20-15(19-13)10-4-3-5-18-8-10/h3-8,15,19-20H,1-2H3,(H,21,23). The first-order valence-electron chi connectivity index (χ1n) is 7.44. The molecule has 2 aromatic rings. The van der Waals surface area contributed by atoms with E-state index in [0.29, 0.717) is 5.69 Å². The van der Waals surface area contributed by atoms with Crippen molar-refractivity contribution in [3.05, 3.63) is 47.8 Å². The Balaban J connectivity index is 1.74. The van der Waals surface area contributed by atoms with Gasteiger partial charge in [0.15, 0.2) is 0 Å². The summed E-state index contributed by atoms with van der Waals surface area (Å²) in [5.74, 6) is -0.434. The van der Waals surface area contributed by atoms with Crippen molar-refractivity contribution in [3.63, 3.8) is 0 Å². The minimum absolute atomic E-state index is 0.0829. The molecule has 2 aliphatic heterocycles. The van der Waals surface area contributed by atoms with E-state index >= 15 is 0 Å². The molecule has 0 fully saturated rings. The van der Waals surface area contributed by atoms with E-state index in [-0.39, 0.29) is 17.9 Å². The van der Waals surface area contributed by atoms with Gasteiger partial charge in [-0.05, 0) is 32.0 Å². The molecular weight excluding hydrogens is 292 g/mol. The van der Waals surface area contributed by atoms with Gasteiger partial charge in [-0.1, -0.05) is 6.07 Å². The van der Waals surface area contributed by atoms with Gasteiger partial charge in [-0.15, -0.1) is 0 Å². The molecule has 0 saturated heterocycles. The van der Waals surface area contributed by atoms with Gasteiger partial charge in [0.2, 0.25) is 5.91 Å². The van der Waals surface area contributed by atoms with Crippen molar-refractivity contribution in [2.45, 2.75) is 25.4 Å². The second-order valence-electron chi connectivity index (χ2n) is 6.09. The molecule has 2 atom stereocenters. The largest absolute Gasteiger partial charge is 0.360 e. The summed E-state index contributed by atoms with van der Waals surface area (Å²) in [5.41, 5.74) is 3.07. The number of aromatic nitrogens is 1. The summed E-state index contributed by atoms with van der Waals surface area (Å²) in [6.45, 7) is 3.12. The number of hydrogen-bond donors (Lipinski definition) is 3. The van der Waals surface area contributed by atoms with Crippen LogP contribution < -0.4 is 16.0 Å². The lowest BCUT2D eigenvalue weighted by atomic mass is 9.80. The predicted molar refractivity (Wildman–Crippen MR) is 87.3 cm³/mol. The number of nitrogens with one attached hydrogen (secondary N) is 3. The summed E-state index contributed by atoms with van der Waals surface area (Å²) in [4.78, 5) is 28.4. The van der Waals surface area contributed by atoms with Crippen LogP contribution in [0.4, 0.5) is 17.1 Å². The van der Waals surface area contributed by atoms with Crippen LogP contribution in [-0.2, 0) is 15.0 Å². The first kappa shape index (κ1) is 13.8. The van der Waals surface area contributed by atoms with E-state index in [1.807, 2.05) is 24.3 Å². The normalized spacial score (nSPS) is 24.3. The summed E-state index contributed by atoms with van der Waals surface area (Å²) >= 11 is 0. The molecule has 1 aromatic heterocycles. The average molecular weight is 308 g/mol. The fourth-order valence-electron chi connectivity index (χ4n) is 3.14. The van der Waals surface area contributed by atoms with Crippen LogP contribution in [0.15, 0.2) is 36.7 Å². The molecule has 2 aliphatic rings. The van der Waals surface area contributed by atoms with E-state index in [0.717, 1.165) is 22.5 Å². The third-order valence-corrected chi connectivity index (χ3v) is 4.72. The number of hydrogen-bond acceptors (Lipinski definition) is 5. The van der Waals surface area contributed by atoms with Gasteiger partial charge >= 0.3 is 0 Å². The number of ketones is 1. The van der Waals surface area contributed by atoms with E-state index in [1.165, 1.54) is 6.92 Å². The van der Waals surface area contributed by atoms with Crippen LogP contribution in [0.5, 0.6) is 0 Å². The molecule has 0 bridgehead atoms. The summed E-state index contributed by atoms with van der Waals surface area (Å²) < 4.78 is 0. The van der Waals surface area contributed by atoms with Gasteiger partial charge in [0.1, 0.15) is 17.4 Å². The minimum Gasteiger partial charge on any atom is -0.360 e. The maximum Gasteiger partial charge on any atom is 0.242 e. The van der Waals surface area contributed by atoms with E-state index < -0.39 is 5.41 Å². The van der Waals surface area contributed by atoms with Gasteiger partial charge in [-0.25, -0.2) is 0 Å². The third-order valence-electron chi connectivity index (χ3n) is 4.72. The van der Waals surface area contributed by atoms with Crippen LogP contribution in [0, 0.1) is 0 Å². The number of benzene rings is 1. The van der Waals surface area contributed by atoms with Gasteiger partial charge in [-0.2, -0.15) is 0 Å². The number of carbonyl (C=O) groups excluding carboxylic acids is 2. The van der Waals surface area contributed by atoms with Gasteiger partial charge in [-0.3, -0.25) is 14.6 Å². The molecule has 0 spiro atoms. The lowest BCUT2D eigenvalue weighted by molar-refractivity contribution is -0.130. The van der Waals surface area contributed by atoms with Crippen molar-refractivity contribution < 1.29 is 9.59 Å². The van der Waals surface area contributed by atoms with Gasteiger partial charge in [0, 0.05) is 29.2 Å². The Bertz CT molecular complexity index is 834. The van der Waals surface area contributed by atoms with E-state index in [2.05, 4.69) is 20.9 Å². The Morgan fingerprint density at radius 3 is 2.61 bits per heavy atom. The number of pyridine rings is 1. The number of Topliss-reactive ketones (excluding diaryl/α,β-unsaturated/α-hetero) is 1. The Hall–Kier alpha value is -2.89. The maximum atomic E-state index is 12.2. The maximum absolute atomic E-state index is 12.2. The number of nitrogens with zero attached hydrogens (tertiary/aromatic N) is 1. The number of anilines is 3. The van der Waals surface area contributed by atoms with Crippen molar-refractivity contribution in [1.29, 1.82) is 0 Å². The smallest absolute Gasteiger partial charge is 0.242 e. The van der Waals surface area contributed by atoms with Crippen molar-refractivity contribution in [2.24, 2.45) is 0 Å². The molecule has 1 amide bonds. The predicted octanol–water partition coefficient (Wildman–Crippen LogP) is 2.42. The molecular formula is C17H16N4O2. The van der Waals surface area contributed by atoms with Crippen LogP contribution in [0.3, 0.4) is 0 Å². The fourth-order valence-corrected chi connectivity index (χ4v) is 3.14. The second kappa shape index (κ2) is 4.55. The third kappa shape index (κ3) is 1.84. The molecule has 6 heteroatoms. The molecule has 1 aromatic carbocycles. The highest BCUT2D eigenvalue weighted by Gasteiger charge is 2.47. The summed E-state index contributed by atoms with van der Waals surface area (Å²) in [7, 11) is 0. The minimum atomic E-state index is -1.13. The van der Waals surface area contributed by atoms with Crippen molar-refractivity contribution >= 4 is 28.8 Å². The first-order chi connectivity index (χ1) is 11.0. The van der Waals surface area contributed by atoms with Gasteiger partial charge < -0.3 is 16.0 Å². The molecule has 2 unspecified atom stereocenters. The fraction of sp³-hybridized carbons (Fsp3) is 0.235. The van der Waals surface area contributed by atoms with E-state index in [4.69, 9.17) is 0 Å². The Morgan fingerprint density at radius 1 is 1.22 bits per heavy atom. The van der Waals surface area contributed by atoms with Crippen LogP contribution in [-0.4, -0.2) is 16.7 Å². The monoisotopic (exact) mass is 308 g/mol. The average Bonchev–Trinajstić information content (AvgIpc) is 3.06. The van der Waals surface area contributed by atoms with Gasteiger partial charge in [0.25, 0.3) is 0 Å². The van der Waals surface area contributed by atoms with Crippen molar-refractivity contribution in [2.75, 3.05) is 16.0 Å². The highest BCUT2D eigenvalue weighted by Crippen LogP contribution is 2.46. The van der Waals surface area contributed by atoms with Crippen LogP contribution in [0.1, 0.15) is 31.1 Å². The van der Waals surface area contributed by atoms with E-state index in [1.54, 1.807) is 19.3 Å². The topological polar surface area (TPSA) is 83.1 Å². The number of fused-ring (bicyclic) bond motifs is 2. The molecule has 6 nitrogen and oxygen atoms in total. The van der Waals surface area contributed by atoms with Crippen molar-refractivity contribution in [3.8, 4) is 0 Å². The number of carbonyl (C=O) groups is 2. The zero-order valence-corrected chi connectivity index (χ0v) is 12.8.